The Hall–Kier alpha value is -1.55. The monoisotopic (exact) mass is 247 g/mol. The van der Waals surface area contributed by atoms with Crippen molar-refractivity contribution in [1.82, 2.24) is 4.98 Å². The van der Waals surface area contributed by atoms with E-state index in [-0.39, 0.29) is 6.04 Å². The summed E-state index contributed by atoms with van der Waals surface area (Å²) in [5.74, 6) is 0. The largest absolute Gasteiger partial charge is 0.399 e. The van der Waals surface area contributed by atoms with Crippen LogP contribution in [0, 0.1) is 0 Å². The standard InChI is InChI=1S/C13H17N3S/c1-3-12-8-17-13(16-12)15-9(2)10-5-4-6-11(14)7-10/h4-9H,3,14H2,1-2H3,(H,15,16). The fourth-order valence-electron chi connectivity index (χ4n) is 1.63. The summed E-state index contributed by atoms with van der Waals surface area (Å²) in [6.07, 6.45) is 0.977. The van der Waals surface area contributed by atoms with E-state index in [1.807, 2.05) is 18.2 Å². The van der Waals surface area contributed by atoms with Crippen LogP contribution in [0.2, 0.25) is 0 Å². The molecule has 1 aromatic heterocycles. The summed E-state index contributed by atoms with van der Waals surface area (Å²) in [6.45, 7) is 4.22. The fraction of sp³-hybridized carbons (Fsp3) is 0.308. The molecule has 1 heterocycles. The summed E-state index contributed by atoms with van der Waals surface area (Å²) in [5.41, 5.74) is 8.89. The van der Waals surface area contributed by atoms with Gasteiger partial charge in [-0.3, -0.25) is 0 Å². The lowest BCUT2D eigenvalue weighted by Gasteiger charge is -2.13. The van der Waals surface area contributed by atoms with Crippen LogP contribution in [0.4, 0.5) is 10.8 Å². The van der Waals surface area contributed by atoms with Crippen molar-refractivity contribution in [2.24, 2.45) is 0 Å². The van der Waals surface area contributed by atoms with Gasteiger partial charge in [0.15, 0.2) is 5.13 Å². The molecule has 1 aromatic carbocycles. The Morgan fingerprint density at radius 1 is 1.47 bits per heavy atom. The second-order valence-corrected chi connectivity index (χ2v) is 4.89. The third-order valence-corrected chi connectivity index (χ3v) is 3.49. The molecular weight excluding hydrogens is 230 g/mol. The Morgan fingerprint density at radius 3 is 2.94 bits per heavy atom. The number of thiazole rings is 1. The Morgan fingerprint density at radius 2 is 2.29 bits per heavy atom. The third kappa shape index (κ3) is 2.97. The molecule has 17 heavy (non-hydrogen) atoms. The van der Waals surface area contributed by atoms with E-state index in [1.54, 1.807) is 11.3 Å². The molecule has 0 saturated heterocycles. The first-order valence-electron chi connectivity index (χ1n) is 5.75. The second kappa shape index (κ2) is 5.19. The van der Waals surface area contributed by atoms with Crippen LogP contribution >= 0.6 is 11.3 Å². The highest BCUT2D eigenvalue weighted by molar-refractivity contribution is 7.13. The number of nitrogens with zero attached hydrogens (tertiary/aromatic N) is 1. The van der Waals surface area contributed by atoms with E-state index in [4.69, 9.17) is 5.73 Å². The first-order valence-corrected chi connectivity index (χ1v) is 6.63. The number of nitrogens with one attached hydrogen (secondary N) is 1. The van der Waals surface area contributed by atoms with Crippen molar-refractivity contribution >= 4 is 22.2 Å². The number of anilines is 2. The van der Waals surface area contributed by atoms with E-state index < -0.39 is 0 Å². The molecule has 0 aliphatic carbocycles. The molecule has 0 saturated carbocycles. The zero-order valence-electron chi connectivity index (χ0n) is 10.1. The molecule has 4 heteroatoms. The SMILES string of the molecule is CCc1csc(NC(C)c2cccc(N)c2)n1. The molecule has 90 valence electrons. The average Bonchev–Trinajstić information content (AvgIpc) is 2.77. The zero-order chi connectivity index (χ0) is 12.3. The first-order chi connectivity index (χ1) is 8.19. The van der Waals surface area contributed by atoms with Gasteiger partial charge >= 0.3 is 0 Å². The van der Waals surface area contributed by atoms with E-state index in [9.17, 15) is 0 Å². The molecular formula is C13H17N3S. The van der Waals surface area contributed by atoms with Gasteiger partial charge in [-0.2, -0.15) is 0 Å². The average molecular weight is 247 g/mol. The quantitative estimate of drug-likeness (QED) is 0.813. The topological polar surface area (TPSA) is 50.9 Å². The van der Waals surface area contributed by atoms with E-state index in [1.165, 1.54) is 5.56 Å². The summed E-state index contributed by atoms with van der Waals surface area (Å²) in [6, 6.07) is 8.15. The summed E-state index contributed by atoms with van der Waals surface area (Å²) in [5, 5.41) is 6.45. The number of hydrogen-bond acceptors (Lipinski definition) is 4. The van der Waals surface area contributed by atoms with Crippen LogP contribution in [-0.4, -0.2) is 4.98 Å². The molecule has 3 nitrogen and oxygen atoms in total. The van der Waals surface area contributed by atoms with Crippen molar-refractivity contribution in [1.29, 1.82) is 0 Å². The molecule has 0 amide bonds. The molecule has 0 spiro atoms. The second-order valence-electron chi connectivity index (χ2n) is 4.03. The van der Waals surface area contributed by atoms with Gasteiger partial charge in [0.25, 0.3) is 0 Å². The molecule has 2 aromatic rings. The van der Waals surface area contributed by atoms with E-state index in [0.717, 1.165) is 22.9 Å². The molecule has 0 aliphatic rings. The maximum atomic E-state index is 5.77. The zero-order valence-corrected chi connectivity index (χ0v) is 10.9. The highest BCUT2D eigenvalue weighted by Gasteiger charge is 2.07. The van der Waals surface area contributed by atoms with E-state index in [0.29, 0.717) is 0 Å². The number of rotatable bonds is 4. The highest BCUT2D eigenvalue weighted by atomic mass is 32.1. The normalized spacial score (nSPS) is 12.4. The van der Waals surface area contributed by atoms with Crippen molar-refractivity contribution in [3.8, 4) is 0 Å². The molecule has 0 aliphatic heterocycles. The van der Waals surface area contributed by atoms with Gasteiger partial charge in [0.05, 0.1) is 11.7 Å². The van der Waals surface area contributed by atoms with Gasteiger partial charge in [0.1, 0.15) is 0 Å². The van der Waals surface area contributed by atoms with Gasteiger partial charge in [0, 0.05) is 11.1 Å². The van der Waals surface area contributed by atoms with Crippen molar-refractivity contribution in [2.45, 2.75) is 26.3 Å². The molecule has 2 rings (SSSR count). The summed E-state index contributed by atoms with van der Waals surface area (Å²) < 4.78 is 0. The minimum absolute atomic E-state index is 0.217. The van der Waals surface area contributed by atoms with Gasteiger partial charge < -0.3 is 11.1 Å². The Kier molecular flexibility index (Phi) is 3.64. The third-order valence-electron chi connectivity index (χ3n) is 2.66. The number of nitrogen functional groups attached to an aromatic ring is 1. The predicted molar refractivity (Wildman–Crippen MR) is 74.4 cm³/mol. The number of hydrogen-bond donors (Lipinski definition) is 2. The van der Waals surface area contributed by atoms with Crippen molar-refractivity contribution in [3.63, 3.8) is 0 Å². The van der Waals surface area contributed by atoms with Crippen LogP contribution in [-0.2, 0) is 6.42 Å². The molecule has 1 atom stereocenters. The van der Waals surface area contributed by atoms with E-state index >= 15 is 0 Å². The fourth-order valence-corrected chi connectivity index (χ4v) is 2.51. The summed E-state index contributed by atoms with van der Waals surface area (Å²) in [7, 11) is 0. The van der Waals surface area contributed by atoms with Crippen LogP contribution < -0.4 is 11.1 Å². The lowest BCUT2D eigenvalue weighted by atomic mass is 10.1. The number of aromatic nitrogens is 1. The summed E-state index contributed by atoms with van der Waals surface area (Å²) >= 11 is 1.65. The maximum absolute atomic E-state index is 5.77. The van der Waals surface area contributed by atoms with Gasteiger partial charge in [0.2, 0.25) is 0 Å². The predicted octanol–water partition coefficient (Wildman–Crippen LogP) is 3.46. The maximum Gasteiger partial charge on any atom is 0.183 e. The van der Waals surface area contributed by atoms with Crippen LogP contribution in [0.5, 0.6) is 0 Å². The lowest BCUT2D eigenvalue weighted by molar-refractivity contribution is 0.878. The molecule has 0 fully saturated rings. The Balaban J connectivity index is 2.08. The van der Waals surface area contributed by atoms with E-state index in [2.05, 4.69) is 35.6 Å². The first kappa shape index (κ1) is 11.9. The molecule has 1 unspecified atom stereocenters. The van der Waals surface area contributed by atoms with Crippen molar-refractivity contribution in [2.75, 3.05) is 11.1 Å². The Bertz CT molecular complexity index is 493. The number of aryl methyl sites for hydroxylation is 1. The summed E-state index contributed by atoms with van der Waals surface area (Å²) in [4.78, 5) is 4.49. The molecule has 0 bridgehead atoms. The van der Waals surface area contributed by atoms with Crippen LogP contribution in [0.25, 0.3) is 0 Å². The van der Waals surface area contributed by atoms with Gasteiger partial charge in [-0.25, -0.2) is 4.98 Å². The van der Waals surface area contributed by atoms with Crippen LogP contribution in [0.15, 0.2) is 29.6 Å². The smallest absolute Gasteiger partial charge is 0.183 e. The Labute approximate surface area is 106 Å². The highest BCUT2D eigenvalue weighted by Crippen LogP contribution is 2.23. The van der Waals surface area contributed by atoms with Gasteiger partial charge in [-0.1, -0.05) is 19.1 Å². The van der Waals surface area contributed by atoms with Crippen molar-refractivity contribution in [3.05, 3.63) is 40.9 Å². The minimum Gasteiger partial charge on any atom is -0.399 e. The van der Waals surface area contributed by atoms with Gasteiger partial charge in [-0.15, -0.1) is 11.3 Å². The van der Waals surface area contributed by atoms with Crippen molar-refractivity contribution < 1.29 is 0 Å². The number of benzene rings is 1. The molecule has 3 N–H and O–H groups in total. The van der Waals surface area contributed by atoms with Crippen LogP contribution in [0.3, 0.4) is 0 Å². The van der Waals surface area contributed by atoms with Crippen LogP contribution in [0.1, 0.15) is 31.1 Å². The lowest BCUT2D eigenvalue weighted by Crippen LogP contribution is -2.06. The minimum atomic E-state index is 0.217. The number of nitrogens with two attached hydrogens (primary N) is 1. The molecule has 0 radical (unpaired) electrons. The van der Waals surface area contributed by atoms with Gasteiger partial charge in [-0.05, 0) is 31.0 Å².